The molecule has 0 fully saturated rings. The van der Waals surface area contributed by atoms with Crippen LogP contribution in [0.15, 0.2) is 29.5 Å². The van der Waals surface area contributed by atoms with Crippen LogP contribution in [0.5, 0.6) is 0 Å². The monoisotopic (exact) mass is 400 g/mol. The Morgan fingerprint density at radius 2 is 2.04 bits per heavy atom. The predicted molar refractivity (Wildman–Crippen MR) is 96.0 cm³/mol. The van der Waals surface area contributed by atoms with Gasteiger partial charge in [0.15, 0.2) is 0 Å². The van der Waals surface area contributed by atoms with Gasteiger partial charge >= 0.3 is 18.0 Å². The van der Waals surface area contributed by atoms with Gasteiger partial charge in [-0.3, -0.25) is 9.69 Å². The lowest BCUT2D eigenvalue weighted by Gasteiger charge is -2.35. The van der Waals surface area contributed by atoms with Gasteiger partial charge in [0, 0.05) is 28.7 Å². The second-order valence-electron chi connectivity index (χ2n) is 5.69. The van der Waals surface area contributed by atoms with Crippen LogP contribution in [-0.2, 0) is 14.3 Å². The van der Waals surface area contributed by atoms with Gasteiger partial charge in [-0.2, -0.15) is 0 Å². The molecule has 7 nitrogen and oxygen atoms in total. The fourth-order valence-corrected chi connectivity index (χ4v) is 3.30. The largest absolute Gasteiger partial charge is 0.481 e. The highest BCUT2D eigenvalue weighted by Gasteiger charge is 2.36. The maximum absolute atomic E-state index is 12.5. The van der Waals surface area contributed by atoms with Crippen molar-refractivity contribution in [2.24, 2.45) is 0 Å². The molecule has 0 aromatic heterocycles. The number of nitrogens with one attached hydrogen (secondary N) is 1. The molecular formula is C17H18Cl2N2O5. The summed E-state index contributed by atoms with van der Waals surface area (Å²) >= 11 is 12.2. The van der Waals surface area contributed by atoms with Crippen molar-refractivity contribution in [3.8, 4) is 0 Å². The lowest BCUT2D eigenvalue weighted by molar-refractivity contribution is -0.138. The highest BCUT2D eigenvalue weighted by Crippen LogP contribution is 2.35. The summed E-state index contributed by atoms with van der Waals surface area (Å²) in [4.78, 5) is 36.9. The van der Waals surface area contributed by atoms with Gasteiger partial charge in [0.2, 0.25) is 0 Å². The number of halogens is 2. The van der Waals surface area contributed by atoms with E-state index in [1.807, 2.05) is 0 Å². The molecular weight excluding hydrogens is 383 g/mol. The molecule has 1 aliphatic rings. The van der Waals surface area contributed by atoms with E-state index in [1.54, 1.807) is 19.1 Å². The Morgan fingerprint density at radius 3 is 2.62 bits per heavy atom. The summed E-state index contributed by atoms with van der Waals surface area (Å²) in [6.07, 6.45) is 0.165. The molecule has 140 valence electrons. The summed E-state index contributed by atoms with van der Waals surface area (Å²) in [5, 5.41) is 12.2. The van der Waals surface area contributed by atoms with Crippen molar-refractivity contribution in [3.05, 3.63) is 45.1 Å². The number of carboxylic acid groups (broad SMARTS) is 1. The van der Waals surface area contributed by atoms with E-state index >= 15 is 0 Å². The standard InChI is InChI=1S/C17H18Cl2N2O5/c1-9-14(16(24)26-2)15(11-6-5-10(18)8-12(11)19)20-17(25)21(9)7-3-4-13(22)23/h5-6,8,15H,3-4,7H2,1-2H3,(H,20,25)(H,22,23). The van der Waals surface area contributed by atoms with Gasteiger partial charge in [0.1, 0.15) is 0 Å². The van der Waals surface area contributed by atoms with Gasteiger partial charge in [-0.25, -0.2) is 9.59 Å². The van der Waals surface area contributed by atoms with Crippen molar-refractivity contribution in [1.82, 2.24) is 10.2 Å². The summed E-state index contributed by atoms with van der Waals surface area (Å²) in [6.45, 7) is 1.77. The molecule has 9 heteroatoms. The molecule has 0 bridgehead atoms. The third kappa shape index (κ3) is 4.28. The number of amides is 2. The Balaban J connectivity index is 2.43. The van der Waals surface area contributed by atoms with Gasteiger partial charge in [0.25, 0.3) is 0 Å². The van der Waals surface area contributed by atoms with Crippen LogP contribution in [0.4, 0.5) is 4.79 Å². The molecule has 2 amide bonds. The number of urea groups is 1. The van der Waals surface area contributed by atoms with E-state index in [0.29, 0.717) is 21.3 Å². The number of benzene rings is 1. The minimum atomic E-state index is -0.955. The van der Waals surface area contributed by atoms with Crippen LogP contribution in [0, 0.1) is 0 Å². The number of hydrogen-bond donors (Lipinski definition) is 2. The number of allylic oxidation sites excluding steroid dienone is 1. The van der Waals surface area contributed by atoms with E-state index in [1.165, 1.54) is 18.1 Å². The number of carbonyl (C=O) groups is 3. The molecule has 0 saturated heterocycles. The first-order valence-electron chi connectivity index (χ1n) is 7.80. The number of carboxylic acids is 1. The smallest absolute Gasteiger partial charge is 0.337 e. The number of hydrogen-bond acceptors (Lipinski definition) is 4. The molecule has 2 rings (SSSR count). The summed E-state index contributed by atoms with van der Waals surface area (Å²) in [7, 11) is 1.24. The molecule has 0 saturated carbocycles. The number of nitrogens with zero attached hydrogens (tertiary/aromatic N) is 1. The molecule has 1 aromatic rings. The van der Waals surface area contributed by atoms with E-state index in [9.17, 15) is 14.4 Å². The van der Waals surface area contributed by atoms with Crippen LogP contribution in [0.25, 0.3) is 0 Å². The fourth-order valence-electron chi connectivity index (χ4n) is 2.78. The number of esters is 1. The van der Waals surface area contributed by atoms with Crippen LogP contribution in [0.2, 0.25) is 10.0 Å². The topological polar surface area (TPSA) is 95.9 Å². The van der Waals surface area contributed by atoms with Gasteiger partial charge in [-0.05, 0) is 31.0 Å². The molecule has 1 aliphatic heterocycles. The second-order valence-corrected chi connectivity index (χ2v) is 6.53. The minimum absolute atomic E-state index is 0.0863. The van der Waals surface area contributed by atoms with Crippen LogP contribution >= 0.6 is 23.2 Å². The van der Waals surface area contributed by atoms with E-state index in [4.69, 9.17) is 33.0 Å². The van der Waals surface area contributed by atoms with Crippen molar-refractivity contribution in [2.75, 3.05) is 13.7 Å². The van der Waals surface area contributed by atoms with Crippen LogP contribution < -0.4 is 5.32 Å². The summed E-state index contributed by atoms with van der Waals surface area (Å²) < 4.78 is 4.86. The van der Waals surface area contributed by atoms with Crippen molar-refractivity contribution >= 4 is 41.2 Å². The van der Waals surface area contributed by atoms with Gasteiger partial charge in [-0.1, -0.05) is 29.3 Å². The predicted octanol–water partition coefficient (Wildman–Crippen LogP) is 3.37. The molecule has 2 N–H and O–H groups in total. The van der Waals surface area contributed by atoms with Gasteiger partial charge < -0.3 is 15.2 Å². The number of carbonyl (C=O) groups excluding carboxylic acids is 2. The number of methoxy groups -OCH3 is 1. The molecule has 0 aliphatic carbocycles. The molecule has 1 unspecified atom stereocenters. The average Bonchev–Trinajstić information content (AvgIpc) is 2.56. The summed E-state index contributed by atoms with van der Waals surface area (Å²) in [6, 6.07) is 3.52. The SMILES string of the molecule is COC(=O)C1=C(C)N(CCCC(=O)O)C(=O)NC1c1ccc(Cl)cc1Cl. The zero-order valence-corrected chi connectivity index (χ0v) is 15.7. The van der Waals surface area contributed by atoms with Gasteiger partial charge in [-0.15, -0.1) is 0 Å². The number of aliphatic carboxylic acids is 1. The normalized spacial score (nSPS) is 17.2. The third-order valence-electron chi connectivity index (χ3n) is 4.05. The van der Waals surface area contributed by atoms with Crippen LogP contribution in [-0.4, -0.2) is 41.6 Å². The average molecular weight is 401 g/mol. The number of rotatable bonds is 6. The molecule has 26 heavy (non-hydrogen) atoms. The molecule has 1 heterocycles. The highest BCUT2D eigenvalue weighted by molar-refractivity contribution is 6.35. The Hall–Kier alpha value is -2.25. The first kappa shape index (κ1) is 20.1. The van der Waals surface area contributed by atoms with Crippen LogP contribution in [0.3, 0.4) is 0 Å². The quantitative estimate of drug-likeness (QED) is 0.713. The number of ether oxygens (including phenoxy) is 1. The molecule has 1 aromatic carbocycles. The maximum Gasteiger partial charge on any atom is 0.337 e. The van der Waals surface area contributed by atoms with Crippen molar-refractivity contribution in [1.29, 1.82) is 0 Å². The first-order valence-corrected chi connectivity index (χ1v) is 8.55. The van der Waals surface area contributed by atoms with E-state index in [0.717, 1.165) is 0 Å². The summed E-state index contributed by atoms with van der Waals surface area (Å²) in [5.74, 6) is -1.56. The lowest BCUT2D eigenvalue weighted by Crippen LogP contribution is -2.48. The zero-order chi connectivity index (χ0) is 19.4. The third-order valence-corrected chi connectivity index (χ3v) is 4.61. The van der Waals surface area contributed by atoms with Crippen molar-refractivity contribution in [2.45, 2.75) is 25.8 Å². The Labute approximate surface area is 160 Å². The lowest BCUT2D eigenvalue weighted by atomic mass is 9.94. The first-order chi connectivity index (χ1) is 12.3. The summed E-state index contributed by atoms with van der Waals surface area (Å²) in [5.41, 5.74) is 1.13. The van der Waals surface area contributed by atoms with E-state index in [-0.39, 0.29) is 25.0 Å². The van der Waals surface area contributed by atoms with Crippen molar-refractivity contribution < 1.29 is 24.2 Å². The fraction of sp³-hybridized carbons (Fsp3) is 0.353. The Bertz CT molecular complexity index is 778. The highest BCUT2D eigenvalue weighted by atomic mass is 35.5. The van der Waals surface area contributed by atoms with E-state index < -0.39 is 24.0 Å². The van der Waals surface area contributed by atoms with Gasteiger partial charge in [0.05, 0.1) is 18.7 Å². The minimum Gasteiger partial charge on any atom is -0.481 e. The molecule has 0 radical (unpaired) electrons. The second kappa shape index (κ2) is 8.42. The molecule has 0 spiro atoms. The van der Waals surface area contributed by atoms with Crippen LogP contribution in [0.1, 0.15) is 31.4 Å². The Kier molecular flexibility index (Phi) is 6.50. The molecule has 1 atom stereocenters. The zero-order valence-electron chi connectivity index (χ0n) is 14.2. The van der Waals surface area contributed by atoms with Crippen molar-refractivity contribution in [3.63, 3.8) is 0 Å². The maximum atomic E-state index is 12.5. The Morgan fingerprint density at radius 1 is 1.35 bits per heavy atom. The van der Waals surface area contributed by atoms with E-state index in [2.05, 4.69) is 5.32 Å².